The van der Waals surface area contributed by atoms with Gasteiger partial charge in [-0.2, -0.15) is 0 Å². The van der Waals surface area contributed by atoms with Crippen LogP contribution in [0.4, 0.5) is 8.78 Å². The Morgan fingerprint density at radius 1 is 0.780 bits per heavy atom. The first-order valence-electron chi connectivity index (χ1n) is 18.0. The number of likely N-dealkylation sites (tertiary alicyclic amines) is 1. The molecule has 0 aliphatic carbocycles. The Morgan fingerprint density at radius 2 is 1.27 bits per heavy atom. The van der Waals surface area contributed by atoms with E-state index >= 15 is 0 Å². The minimum atomic E-state index is -0.712. The average molecular weight is 888 g/mol. The highest BCUT2D eigenvalue weighted by atomic mass is 35.5. The molecule has 314 valence electrons. The Kier molecular flexibility index (Phi) is 15.5. The molecule has 2 aromatic carbocycles. The molecule has 2 saturated heterocycles. The second-order valence-corrected chi connectivity index (χ2v) is 16.2. The quantitative estimate of drug-likeness (QED) is 0.151. The molecule has 3 N–H and O–H groups in total. The third-order valence-corrected chi connectivity index (χ3v) is 12.2. The zero-order valence-corrected chi connectivity index (χ0v) is 34.2. The fraction of sp³-hybridized carbons (Fsp3) is 0.366. The molecule has 8 rings (SSSR count). The van der Waals surface area contributed by atoms with Crippen molar-refractivity contribution in [3.63, 3.8) is 0 Å². The van der Waals surface area contributed by atoms with E-state index in [0.29, 0.717) is 44.0 Å². The largest absolute Gasteiger partial charge is 0.466 e. The second-order valence-electron chi connectivity index (χ2n) is 13.6. The number of esters is 2. The van der Waals surface area contributed by atoms with Gasteiger partial charge in [0, 0.05) is 80.6 Å². The summed E-state index contributed by atoms with van der Waals surface area (Å²) in [5, 5.41) is 15.5. The summed E-state index contributed by atoms with van der Waals surface area (Å²) in [6.45, 7) is 3.32. The van der Waals surface area contributed by atoms with Gasteiger partial charge in [0.2, 0.25) is 0 Å². The minimum absolute atomic E-state index is 0. The van der Waals surface area contributed by atoms with Gasteiger partial charge in [0.15, 0.2) is 21.7 Å². The Balaban J connectivity index is 0.000000217. The molecule has 0 radical (unpaired) electrons. The monoisotopic (exact) mass is 886 g/mol. The number of methoxy groups -OCH3 is 2. The molecule has 4 aliphatic rings. The van der Waals surface area contributed by atoms with Crippen molar-refractivity contribution < 1.29 is 27.8 Å². The average Bonchev–Trinajstić information content (AvgIpc) is 4.06. The van der Waals surface area contributed by atoms with Gasteiger partial charge in [-0.3, -0.25) is 9.98 Å². The lowest BCUT2D eigenvalue weighted by Gasteiger charge is -2.30. The lowest BCUT2D eigenvalue weighted by Crippen LogP contribution is -2.37. The molecule has 4 unspecified atom stereocenters. The Hall–Kier alpha value is -4.58. The van der Waals surface area contributed by atoms with Crippen molar-refractivity contribution >= 4 is 69.5 Å². The SMILES string of the molecule is C.C.COC(=O)C1=C(C2CCN(C)C2)NC(c2nccs2)=NC1c1ccc(F)cc1Cl.COC(=O)C1=C(C2CCNC2)NC(c2nccs2)=NC1c1ccc(F)cc1Cl. The van der Waals surface area contributed by atoms with E-state index in [2.05, 4.69) is 30.8 Å². The summed E-state index contributed by atoms with van der Waals surface area (Å²) in [6, 6.07) is 6.79. The number of aliphatic imine (C=N–C) groups is 2. The molecule has 4 aliphatic heterocycles. The summed E-state index contributed by atoms with van der Waals surface area (Å²) in [6.07, 6.45) is 5.17. The summed E-state index contributed by atoms with van der Waals surface area (Å²) in [7, 11) is 4.73. The number of aromatic nitrogens is 2. The second kappa shape index (κ2) is 20.1. The molecule has 18 heteroatoms. The number of carbonyl (C=O) groups excluding carboxylic acids is 2. The first-order chi connectivity index (χ1) is 27.6. The van der Waals surface area contributed by atoms with Crippen LogP contribution in [0.15, 0.2) is 92.1 Å². The highest BCUT2D eigenvalue weighted by Gasteiger charge is 2.39. The number of halogens is 4. The molecule has 2 fully saturated rings. The normalized spacial score (nSPS) is 21.5. The smallest absolute Gasteiger partial charge is 0.338 e. The van der Waals surface area contributed by atoms with E-state index < -0.39 is 35.7 Å². The van der Waals surface area contributed by atoms with Gasteiger partial charge in [0.05, 0.1) is 25.4 Å². The molecule has 59 heavy (non-hydrogen) atoms. The maximum absolute atomic E-state index is 13.7. The molecular weight excluding hydrogens is 842 g/mol. The molecule has 0 bridgehead atoms. The molecule has 4 aromatic rings. The molecule has 0 saturated carbocycles. The van der Waals surface area contributed by atoms with E-state index in [1.165, 1.54) is 61.2 Å². The van der Waals surface area contributed by atoms with Gasteiger partial charge >= 0.3 is 11.9 Å². The summed E-state index contributed by atoms with van der Waals surface area (Å²) >= 11 is 15.6. The van der Waals surface area contributed by atoms with Gasteiger partial charge in [0.25, 0.3) is 0 Å². The number of nitrogens with zero attached hydrogens (tertiary/aromatic N) is 5. The number of hydrogen-bond donors (Lipinski definition) is 3. The van der Waals surface area contributed by atoms with Crippen LogP contribution in [0.5, 0.6) is 0 Å². The fourth-order valence-corrected chi connectivity index (χ4v) is 9.03. The molecule has 4 atom stereocenters. The third-order valence-electron chi connectivity index (χ3n) is 10.0. The Bertz CT molecular complexity index is 2260. The van der Waals surface area contributed by atoms with E-state index in [4.69, 9.17) is 42.7 Å². The van der Waals surface area contributed by atoms with Gasteiger partial charge < -0.3 is 30.3 Å². The van der Waals surface area contributed by atoms with Crippen molar-refractivity contribution in [1.82, 2.24) is 30.8 Å². The van der Waals surface area contributed by atoms with E-state index in [9.17, 15) is 18.4 Å². The lowest BCUT2D eigenvalue weighted by molar-refractivity contribution is -0.137. The topological polar surface area (TPSA) is 142 Å². The first kappa shape index (κ1) is 45.5. The fourth-order valence-electron chi connectivity index (χ4n) is 7.31. The molecular formula is C41H46Cl2F2N8O4S2. The van der Waals surface area contributed by atoms with Crippen molar-refractivity contribution in [3.8, 4) is 0 Å². The van der Waals surface area contributed by atoms with Crippen molar-refractivity contribution in [3.05, 3.63) is 125 Å². The van der Waals surface area contributed by atoms with Gasteiger partial charge in [0.1, 0.15) is 23.7 Å². The number of ether oxygens (including phenoxy) is 2. The Labute approximate surface area is 360 Å². The summed E-state index contributed by atoms with van der Waals surface area (Å²) in [5.74, 6) is -0.509. The summed E-state index contributed by atoms with van der Waals surface area (Å²) < 4.78 is 37.4. The lowest BCUT2D eigenvalue weighted by atomic mass is 9.90. The molecule has 2 aromatic heterocycles. The van der Waals surface area contributed by atoms with Crippen LogP contribution in [-0.4, -0.2) is 85.9 Å². The predicted molar refractivity (Wildman–Crippen MR) is 230 cm³/mol. The van der Waals surface area contributed by atoms with E-state index in [0.717, 1.165) is 50.4 Å². The van der Waals surface area contributed by atoms with Crippen molar-refractivity contribution in [2.45, 2.75) is 39.8 Å². The number of nitrogens with one attached hydrogen (secondary N) is 3. The Morgan fingerprint density at radius 3 is 1.64 bits per heavy atom. The number of carbonyl (C=O) groups is 2. The number of thiazole rings is 2. The molecule has 6 heterocycles. The van der Waals surface area contributed by atoms with Gasteiger partial charge in [-0.1, -0.05) is 50.2 Å². The van der Waals surface area contributed by atoms with Crippen molar-refractivity contribution in [1.29, 1.82) is 0 Å². The van der Waals surface area contributed by atoms with Crippen LogP contribution in [0.1, 0.15) is 60.9 Å². The van der Waals surface area contributed by atoms with Crippen LogP contribution in [-0.2, 0) is 19.1 Å². The molecule has 0 amide bonds. The zero-order valence-electron chi connectivity index (χ0n) is 31.0. The van der Waals surface area contributed by atoms with E-state index in [-0.39, 0.29) is 36.7 Å². The van der Waals surface area contributed by atoms with Crippen molar-refractivity contribution in [2.75, 3.05) is 47.4 Å². The number of amidine groups is 2. The summed E-state index contributed by atoms with van der Waals surface area (Å²) in [5.41, 5.74) is 3.41. The highest BCUT2D eigenvalue weighted by Crippen LogP contribution is 2.41. The van der Waals surface area contributed by atoms with Gasteiger partial charge in [-0.25, -0.2) is 28.3 Å². The van der Waals surface area contributed by atoms with Gasteiger partial charge in [-0.15, -0.1) is 22.7 Å². The van der Waals surface area contributed by atoms with E-state index in [1.54, 1.807) is 24.5 Å². The van der Waals surface area contributed by atoms with Crippen LogP contribution in [0.25, 0.3) is 0 Å². The van der Waals surface area contributed by atoms with E-state index in [1.807, 2.05) is 17.8 Å². The zero-order chi connectivity index (χ0) is 40.2. The number of rotatable bonds is 8. The van der Waals surface area contributed by atoms with Crippen LogP contribution in [0.3, 0.4) is 0 Å². The van der Waals surface area contributed by atoms with Crippen LogP contribution in [0, 0.1) is 23.5 Å². The maximum atomic E-state index is 13.7. The number of hydrogen-bond acceptors (Lipinski definition) is 14. The molecule has 12 nitrogen and oxygen atoms in total. The first-order valence-corrected chi connectivity index (χ1v) is 20.5. The van der Waals surface area contributed by atoms with Crippen molar-refractivity contribution in [2.24, 2.45) is 21.8 Å². The molecule has 0 spiro atoms. The maximum Gasteiger partial charge on any atom is 0.338 e. The number of benzene rings is 2. The van der Waals surface area contributed by atoms with Crippen LogP contribution < -0.4 is 16.0 Å². The van der Waals surface area contributed by atoms with Crippen LogP contribution >= 0.6 is 45.9 Å². The minimum Gasteiger partial charge on any atom is -0.466 e. The van der Waals surface area contributed by atoms with Crippen LogP contribution in [0.2, 0.25) is 10.0 Å². The predicted octanol–water partition coefficient (Wildman–Crippen LogP) is 7.74. The summed E-state index contributed by atoms with van der Waals surface area (Å²) in [4.78, 5) is 46.0. The highest BCUT2D eigenvalue weighted by molar-refractivity contribution is 7.12. The third kappa shape index (κ3) is 9.90. The van der Waals surface area contributed by atoms with Gasteiger partial charge in [-0.05, 0) is 57.2 Å². The standard InChI is InChI=1S/C20H20ClFN4O2S.C19H18ClFN4O2S.2CH4/c1-26-7-5-11(10-26)16-15(20(27)28-2)17(13-4-3-12(22)9-14(13)21)25-18(24-16)19-23-6-8-29-19;1-27-19(26)14-15(10-4-5-22-9-10)24-17(18-23-6-7-28-18)25-16(14)12-3-2-11(21)8-13(12)20;;/h3-4,6,8-9,11,17H,5,7,10H2,1-2H3,(H,24,25);2-3,6-8,10,16,22H,4-5,9H2,1H3,(H,24,25);2*1H4.